The number of nitrogens with one attached hydrogen (secondary N) is 1. The fraction of sp³-hybridized carbons (Fsp3) is 0.412. The van der Waals surface area contributed by atoms with Gasteiger partial charge in [0.15, 0.2) is 5.78 Å². The summed E-state index contributed by atoms with van der Waals surface area (Å²) in [6.45, 7) is 0. The van der Waals surface area contributed by atoms with E-state index in [2.05, 4.69) is 9.97 Å². The second-order valence-corrected chi connectivity index (χ2v) is 5.09. The minimum Gasteiger partial charge on any atom is -0.497 e. The first kappa shape index (κ1) is 16.1. The summed E-state index contributed by atoms with van der Waals surface area (Å²) in [4.78, 5) is 19.5. The van der Waals surface area contributed by atoms with E-state index in [-0.39, 0.29) is 5.78 Å². The number of methoxy groups -OCH3 is 2. The Balaban J connectivity index is 1.79. The molecule has 0 radical (unpaired) electrons. The van der Waals surface area contributed by atoms with Crippen LogP contribution in [0.4, 0.5) is 0 Å². The zero-order chi connectivity index (χ0) is 15.8. The van der Waals surface area contributed by atoms with E-state index in [1.165, 1.54) is 0 Å². The highest BCUT2D eigenvalue weighted by Crippen LogP contribution is 2.26. The third-order valence-corrected chi connectivity index (χ3v) is 3.58. The van der Waals surface area contributed by atoms with Gasteiger partial charge in [0.1, 0.15) is 17.3 Å². The second-order valence-electron chi connectivity index (χ2n) is 5.09. The van der Waals surface area contributed by atoms with Crippen LogP contribution in [0.5, 0.6) is 11.5 Å². The normalized spacial score (nSPS) is 10.5. The topological polar surface area (TPSA) is 64.2 Å². The molecule has 1 N–H and O–H groups in total. The molecule has 0 saturated carbocycles. The molecule has 118 valence electrons. The lowest BCUT2D eigenvalue weighted by Gasteiger charge is -2.09. The van der Waals surface area contributed by atoms with Crippen molar-refractivity contribution in [2.45, 2.75) is 32.1 Å². The van der Waals surface area contributed by atoms with E-state index in [1.807, 2.05) is 6.20 Å². The molecule has 22 heavy (non-hydrogen) atoms. The van der Waals surface area contributed by atoms with Gasteiger partial charge >= 0.3 is 0 Å². The van der Waals surface area contributed by atoms with Crippen molar-refractivity contribution in [3.8, 4) is 11.5 Å². The van der Waals surface area contributed by atoms with Crippen molar-refractivity contribution in [2.75, 3.05) is 14.2 Å². The van der Waals surface area contributed by atoms with Gasteiger partial charge in [-0.15, -0.1) is 0 Å². The maximum Gasteiger partial charge on any atom is 0.166 e. The van der Waals surface area contributed by atoms with Crippen molar-refractivity contribution in [3.63, 3.8) is 0 Å². The first-order chi connectivity index (χ1) is 10.7. The van der Waals surface area contributed by atoms with E-state index < -0.39 is 0 Å². The van der Waals surface area contributed by atoms with Crippen molar-refractivity contribution in [2.24, 2.45) is 0 Å². The Labute approximate surface area is 130 Å². The number of nitrogens with zero attached hydrogens (tertiary/aromatic N) is 1. The maximum absolute atomic E-state index is 12.3. The average molecular weight is 302 g/mol. The van der Waals surface area contributed by atoms with Crippen LogP contribution in [-0.2, 0) is 6.42 Å². The number of ketones is 1. The van der Waals surface area contributed by atoms with Gasteiger partial charge < -0.3 is 14.5 Å². The van der Waals surface area contributed by atoms with E-state index in [4.69, 9.17) is 9.47 Å². The molecule has 0 aliphatic carbocycles. The van der Waals surface area contributed by atoms with Crippen molar-refractivity contribution >= 4 is 5.78 Å². The fourth-order valence-electron chi connectivity index (χ4n) is 2.35. The Kier molecular flexibility index (Phi) is 6.01. The number of hydrogen-bond donors (Lipinski definition) is 1. The lowest BCUT2D eigenvalue weighted by molar-refractivity contribution is 0.0976. The van der Waals surface area contributed by atoms with Gasteiger partial charge in [-0.25, -0.2) is 4.98 Å². The molecule has 1 aromatic heterocycles. The smallest absolute Gasteiger partial charge is 0.166 e. The third kappa shape index (κ3) is 4.35. The molecule has 1 aromatic carbocycles. The number of aromatic nitrogens is 2. The van der Waals surface area contributed by atoms with Crippen LogP contribution in [-0.4, -0.2) is 30.0 Å². The van der Waals surface area contributed by atoms with Gasteiger partial charge in [-0.2, -0.15) is 0 Å². The molecule has 0 amide bonds. The molecule has 0 fully saturated rings. The number of benzene rings is 1. The van der Waals surface area contributed by atoms with Gasteiger partial charge in [0.05, 0.1) is 19.8 Å². The Bertz CT molecular complexity index is 594. The molecule has 2 rings (SSSR count). The van der Waals surface area contributed by atoms with Gasteiger partial charge in [-0.1, -0.05) is 6.42 Å². The van der Waals surface area contributed by atoms with Crippen LogP contribution in [0, 0.1) is 0 Å². The Morgan fingerprint density at radius 1 is 1.18 bits per heavy atom. The SMILES string of the molecule is COc1ccc(C(=O)CCCCCc2ncc[nH]2)c(OC)c1. The highest BCUT2D eigenvalue weighted by atomic mass is 16.5. The quantitative estimate of drug-likeness (QED) is 0.569. The van der Waals surface area contributed by atoms with E-state index >= 15 is 0 Å². The summed E-state index contributed by atoms with van der Waals surface area (Å²) in [5.41, 5.74) is 0.620. The van der Waals surface area contributed by atoms with Gasteiger partial charge in [0.25, 0.3) is 0 Å². The Morgan fingerprint density at radius 3 is 2.73 bits per heavy atom. The summed E-state index contributed by atoms with van der Waals surface area (Å²) in [5, 5.41) is 0. The van der Waals surface area contributed by atoms with Gasteiger partial charge in [-0.05, 0) is 25.0 Å². The van der Waals surface area contributed by atoms with Crippen molar-refractivity contribution in [1.29, 1.82) is 0 Å². The zero-order valence-electron chi connectivity index (χ0n) is 13.1. The number of rotatable bonds is 9. The second kappa shape index (κ2) is 8.22. The molecule has 1 heterocycles. The third-order valence-electron chi connectivity index (χ3n) is 3.58. The number of Topliss-reactive ketones (excluding diaryl/α,β-unsaturated/α-hetero) is 1. The van der Waals surface area contributed by atoms with Crippen LogP contribution in [0.15, 0.2) is 30.6 Å². The molecule has 0 spiro atoms. The molecule has 0 saturated heterocycles. The summed E-state index contributed by atoms with van der Waals surface area (Å²) >= 11 is 0. The number of hydrogen-bond acceptors (Lipinski definition) is 4. The largest absolute Gasteiger partial charge is 0.497 e. The molecule has 0 atom stereocenters. The highest BCUT2D eigenvalue weighted by Gasteiger charge is 2.12. The average Bonchev–Trinajstić information content (AvgIpc) is 3.07. The van der Waals surface area contributed by atoms with E-state index in [0.717, 1.165) is 31.5 Å². The van der Waals surface area contributed by atoms with E-state index in [9.17, 15) is 4.79 Å². The highest BCUT2D eigenvalue weighted by molar-refractivity contribution is 5.98. The summed E-state index contributed by atoms with van der Waals surface area (Å²) in [5.74, 6) is 2.37. The van der Waals surface area contributed by atoms with Crippen LogP contribution in [0.25, 0.3) is 0 Å². The Hall–Kier alpha value is -2.30. The predicted octanol–water partition coefficient (Wildman–Crippen LogP) is 3.41. The standard InChI is InChI=1S/C17H22N2O3/c1-21-13-8-9-14(16(12-13)22-2)15(20)6-4-3-5-7-17-18-10-11-19-17/h8-12H,3-7H2,1-2H3,(H,18,19). The number of unbranched alkanes of at least 4 members (excludes halogenated alkanes) is 2. The molecular formula is C17H22N2O3. The molecular weight excluding hydrogens is 280 g/mol. The van der Waals surface area contributed by atoms with Crippen molar-refractivity contribution in [3.05, 3.63) is 42.0 Å². The predicted molar refractivity (Wildman–Crippen MR) is 84.6 cm³/mol. The molecule has 0 aliphatic rings. The van der Waals surface area contributed by atoms with Gasteiger partial charge in [0, 0.05) is 31.3 Å². The first-order valence-corrected chi connectivity index (χ1v) is 7.48. The van der Waals surface area contributed by atoms with E-state index in [1.54, 1.807) is 38.6 Å². The number of ether oxygens (including phenoxy) is 2. The monoisotopic (exact) mass is 302 g/mol. The van der Waals surface area contributed by atoms with Crippen LogP contribution in [0.2, 0.25) is 0 Å². The number of carbonyl (C=O) groups is 1. The number of H-pyrrole nitrogens is 1. The Morgan fingerprint density at radius 2 is 2.05 bits per heavy atom. The summed E-state index contributed by atoms with van der Waals surface area (Å²) in [6.07, 6.45) is 7.94. The van der Waals surface area contributed by atoms with Crippen LogP contribution >= 0.6 is 0 Å². The van der Waals surface area contributed by atoms with E-state index in [0.29, 0.717) is 23.5 Å². The van der Waals surface area contributed by atoms with Crippen LogP contribution < -0.4 is 9.47 Å². The molecule has 2 aromatic rings. The van der Waals surface area contributed by atoms with Gasteiger partial charge in [0.2, 0.25) is 0 Å². The summed E-state index contributed by atoms with van der Waals surface area (Å²) in [6, 6.07) is 5.29. The van der Waals surface area contributed by atoms with Crippen molar-refractivity contribution in [1.82, 2.24) is 9.97 Å². The lowest BCUT2D eigenvalue weighted by Crippen LogP contribution is -2.03. The molecule has 0 unspecified atom stereocenters. The zero-order valence-corrected chi connectivity index (χ0v) is 13.1. The molecule has 0 bridgehead atoms. The molecule has 0 aliphatic heterocycles. The number of aromatic amines is 1. The summed E-state index contributed by atoms with van der Waals surface area (Å²) in [7, 11) is 3.16. The number of imidazole rings is 1. The van der Waals surface area contributed by atoms with Crippen LogP contribution in [0.1, 0.15) is 41.9 Å². The number of carbonyl (C=O) groups excluding carboxylic acids is 1. The summed E-state index contributed by atoms with van der Waals surface area (Å²) < 4.78 is 10.4. The lowest BCUT2D eigenvalue weighted by atomic mass is 10.0. The van der Waals surface area contributed by atoms with Crippen LogP contribution in [0.3, 0.4) is 0 Å². The maximum atomic E-state index is 12.3. The molecule has 5 nitrogen and oxygen atoms in total. The van der Waals surface area contributed by atoms with Crippen molar-refractivity contribution < 1.29 is 14.3 Å². The molecule has 5 heteroatoms. The number of aryl methyl sites for hydroxylation is 1. The fourth-order valence-corrected chi connectivity index (χ4v) is 2.35. The first-order valence-electron chi connectivity index (χ1n) is 7.48. The minimum absolute atomic E-state index is 0.109. The van der Waals surface area contributed by atoms with Gasteiger partial charge in [-0.3, -0.25) is 4.79 Å². The minimum atomic E-state index is 0.109.